The van der Waals surface area contributed by atoms with Crippen LogP contribution >= 0.6 is 0 Å². The topological polar surface area (TPSA) is 55.4 Å². The Kier molecular flexibility index (Phi) is 20.2. The van der Waals surface area contributed by atoms with Crippen LogP contribution in [-0.2, 0) is 28.4 Å². The van der Waals surface area contributed by atoms with E-state index in [1.807, 2.05) is 41.5 Å². The summed E-state index contributed by atoms with van der Waals surface area (Å²) < 4.78 is 35.8. The van der Waals surface area contributed by atoms with Crippen LogP contribution in [0, 0.1) is 0 Å². The van der Waals surface area contributed by atoms with Gasteiger partial charge in [0.2, 0.25) is 0 Å². The summed E-state index contributed by atoms with van der Waals surface area (Å²) in [5.74, 6) is 0. The molecule has 6 nitrogen and oxygen atoms in total. The Balaban J connectivity index is 5.09. The average molecular weight is 449 g/mol. The Labute approximate surface area is 192 Å². The van der Waals surface area contributed by atoms with Gasteiger partial charge < -0.3 is 28.4 Å². The first-order chi connectivity index (χ1) is 14.9. The van der Waals surface area contributed by atoms with Gasteiger partial charge in [-0.05, 0) is 87.5 Å². The van der Waals surface area contributed by atoms with Crippen molar-refractivity contribution in [1.82, 2.24) is 0 Å². The monoisotopic (exact) mass is 448 g/mol. The molecule has 0 aromatic carbocycles. The summed E-state index contributed by atoms with van der Waals surface area (Å²) in [6.07, 6.45) is 5.02. The molecular weight excluding hydrogens is 396 g/mol. The summed E-state index contributed by atoms with van der Waals surface area (Å²) in [5, 5.41) is 0. The highest BCUT2D eigenvalue weighted by molar-refractivity contribution is 4.77. The third-order valence-electron chi connectivity index (χ3n) is 5.28. The van der Waals surface area contributed by atoms with Crippen molar-refractivity contribution < 1.29 is 28.4 Å². The van der Waals surface area contributed by atoms with Crippen LogP contribution < -0.4 is 0 Å². The minimum absolute atomic E-state index is 0.0820. The van der Waals surface area contributed by atoms with Gasteiger partial charge in [-0.3, -0.25) is 0 Å². The Morgan fingerprint density at radius 2 is 0.581 bits per heavy atom. The first kappa shape index (κ1) is 30.8. The maximum atomic E-state index is 6.13. The molecule has 188 valence electrons. The molecule has 0 heterocycles. The second-order valence-electron chi connectivity index (χ2n) is 8.02. The normalized spacial score (nSPS) is 17.8. The molecule has 0 N–H and O–H groups in total. The predicted molar refractivity (Wildman–Crippen MR) is 127 cm³/mol. The molecule has 0 saturated heterocycles. The van der Waals surface area contributed by atoms with Crippen LogP contribution in [0.15, 0.2) is 0 Å². The van der Waals surface area contributed by atoms with Gasteiger partial charge in [-0.25, -0.2) is 0 Å². The minimum Gasteiger partial charge on any atom is -0.379 e. The lowest BCUT2D eigenvalue weighted by Crippen LogP contribution is -2.33. The molecule has 0 spiro atoms. The number of hydrogen-bond donors (Lipinski definition) is 0. The smallest absolute Gasteiger partial charge is 0.0624 e. The molecule has 6 atom stereocenters. The van der Waals surface area contributed by atoms with Gasteiger partial charge in [0.05, 0.1) is 36.6 Å². The summed E-state index contributed by atoms with van der Waals surface area (Å²) in [4.78, 5) is 0. The van der Waals surface area contributed by atoms with E-state index < -0.39 is 0 Å². The zero-order valence-corrected chi connectivity index (χ0v) is 21.7. The van der Waals surface area contributed by atoms with Crippen LogP contribution in [0.1, 0.15) is 87.5 Å². The van der Waals surface area contributed by atoms with E-state index in [4.69, 9.17) is 28.4 Å². The van der Waals surface area contributed by atoms with Crippen LogP contribution in [-0.4, -0.2) is 76.3 Å². The molecule has 0 aliphatic heterocycles. The molecular formula is C25H52O6. The van der Waals surface area contributed by atoms with Crippen molar-refractivity contribution >= 4 is 0 Å². The highest BCUT2D eigenvalue weighted by Gasteiger charge is 2.26. The molecule has 0 fully saturated rings. The van der Waals surface area contributed by atoms with Crippen molar-refractivity contribution in [3.8, 4) is 0 Å². The van der Waals surface area contributed by atoms with Gasteiger partial charge in [0.1, 0.15) is 0 Å². The van der Waals surface area contributed by atoms with Gasteiger partial charge in [0, 0.05) is 39.6 Å². The zero-order valence-electron chi connectivity index (χ0n) is 21.7. The van der Waals surface area contributed by atoms with Gasteiger partial charge in [-0.1, -0.05) is 0 Å². The van der Waals surface area contributed by atoms with Crippen molar-refractivity contribution in [2.75, 3.05) is 39.6 Å². The van der Waals surface area contributed by atoms with Crippen LogP contribution in [0.5, 0.6) is 0 Å². The Morgan fingerprint density at radius 1 is 0.355 bits per heavy atom. The van der Waals surface area contributed by atoms with Gasteiger partial charge >= 0.3 is 0 Å². The minimum atomic E-state index is 0.0820. The molecule has 0 aliphatic carbocycles. The van der Waals surface area contributed by atoms with E-state index in [2.05, 4.69) is 13.8 Å². The van der Waals surface area contributed by atoms with Gasteiger partial charge in [-0.15, -0.1) is 0 Å². The maximum absolute atomic E-state index is 6.13. The van der Waals surface area contributed by atoms with Crippen LogP contribution in [0.2, 0.25) is 0 Å². The van der Waals surface area contributed by atoms with Gasteiger partial charge in [0.25, 0.3) is 0 Å². The number of rotatable bonds is 22. The predicted octanol–water partition coefficient (Wildman–Crippen LogP) is 5.41. The van der Waals surface area contributed by atoms with Gasteiger partial charge in [-0.2, -0.15) is 0 Å². The summed E-state index contributed by atoms with van der Waals surface area (Å²) >= 11 is 0. The van der Waals surface area contributed by atoms with E-state index in [1.165, 1.54) is 0 Å². The zero-order chi connectivity index (χ0) is 23.5. The SMILES string of the molecule is CCOC(C)CC(CC(CC(CC(CC(C)OCC)OCC)OCC)OCC)OCC. The van der Waals surface area contributed by atoms with Gasteiger partial charge in [0.15, 0.2) is 0 Å². The molecule has 0 amide bonds. The Morgan fingerprint density at radius 3 is 0.806 bits per heavy atom. The second kappa shape index (κ2) is 20.4. The lowest BCUT2D eigenvalue weighted by atomic mass is 9.97. The molecule has 0 radical (unpaired) electrons. The van der Waals surface area contributed by atoms with Crippen molar-refractivity contribution in [1.29, 1.82) is 0 Å². The van der Waals surface area contributed by atoms with Crippen molar-refractivity contribution in [2.45, 2.75) is 124 Å². The van der Waals surface area contributed by atoms with E-state index in [1.54, 1.807) is 0 Å². The summed E-state index contributed by atoms with van der Waals surface area (Å²) in [7, 11) is 0. The fraction of sp³-hybridized carbons (Fsp3) is 1.00. The fourth-order valence-electron chi connectivity index (χ4n) is 4.20. The van der Waals surface area contributed by atoms with E-state index in [9.17, 15) is 0 Å². The van der Waals surface area contributed by atoms with Crippen LogP contribution in [0.4, 0.5) is 0 Å². The van der Waals surface area contributed by atoms with E-state index in [-0.39, 0.29) is 36.6 Å². The Hall–Kier alpha value is -0.240. The molecule has 0 saturated carbocycles. The molecule has 0 aliphatic rings. The lowest BCUT2D eigenvalue weighted by Gasteiger charge is -2.30. The first-order valence-electron chi connectivity index (χ1n) is 12.6. The lowest BCUT2D eigenvalue weighted by molar-refractivity contribution is -0.0736. The van der Waals surface area contributed by atoms with Crippen molar-refractivity contribution in [3.05, 3.63) is 0 Å². The summed E-state index contributed by atoms with van der Waals surface area (Å²) in [6, 6.07) is 0. The number of ether oxygens (including phenoxy) is 6. The quantitative estimate of drug-likeness (QED) is 0.221. The molecule has 31 heavy (non-hydrogen) atoms. The standard InChI is InChI=1S/C25H52O6/c1-9-26-20(7)15-22(28-11-3)17-24(30-13-5)19-25(31-14-6)18-23(29-12-4)16-21(8)27-10-2/h20-25H,9-19H2,1-8H3. The van der Waals surface area contributed by atoms with Crippen molar-refractivity contribution in [3.63, 3.8) is 0 Å². The largest absolute Gasteiger partial charge is 0.379 e. The van der Waals surface area contributed by atoms with E-state index >= 15 is 0 Å². The molecule has 6 unspecified atom stereocenters. The number of hydrogen-bond acceptors (Lipinski definition) is 6. The fourth-order valence-corrected chi connectivity index (χ4v) is 4.20. The van der Waals surface area contributed by atoms with Crippen molar-refractivity contribution in [2.24, 2.45) is 0 Å². The van der Waals surface area contributed by atoms with E-state index in [0.717, 1.165) is 45.3 Å². The third-order valence-corrected chi connectivity index (χ3v) is 5.28. The first-order valence-corrected chi connectivity index (χ1v) is 12.6. The van der Waals surface area contributed by atoms with E-state index in [0.29, 0.717) is 26.4 Å². The molecule has 0 aromatic rings. The third kappa shape index (κ3) is 16.1. The molecule has 0 bridgehead atoms. The van der Waals surface area contributed by atoms with Crippen LogP contribution in [0.25, 0.3) is 0 Å². The average Bonchev–Trinajstić information content (AvgIpc) is 2.69. The summed E-state index contributed by atoms with van der Waals surface area (Å²) in [6.45, 7) is 20.7. The maximum Gasteiger partial charge on any atom is 0.0624 e. The summed E-state index contributed by atoms with van der Waals surface area (Å²) in [5.41, 5.74) is 0. The Bertz CT molecular complexity index is 347. The molecule has 6 heteroatoms. The highest BCUT2D eigenvalue weighted by atomic mass is 16.5. The highest BCUT2D eigenvalue weighted by Crippen LogP contribution is 2.23. The molecule has 0 rings (SSSR count). The molecule has 0 aromatic heterocycles. The second-order valence-corrected chi connectivity index (χ2v) is 8.02. The van der Waals surface area contributed by atoms with Crippen LogP contribution in [0.3, 0.4) is 0 Å².